The maximum atomic E-state index is 10.9. The van der Waals surface area contributed by atoms with E-state index in [9.17, 15) is 4.79 Å². The molecule has 3 rings (SSSR count). The van der Waals surface area contributed by atoms with Gasteiger partial charge >= 0.3 is 5.97 Å². The van der Waals surface area contributed by atoms with Crippen LogP contribution < -0.4 is 4.90 Å². The second-order valence-electron chi connectivity index (χ2n) is 5.93. The van der Waals surface area contributed by atoms with Gasteiger partial charge in [0.25, 0.3) is 0 Å². The lowest BCUT2D eigenvalue weighted by atomic mass is 10.1. The Balaban J connectivity index is 1.57. The zero-order valence-corrected chi connectivity index (χ0v) is 13.3. The molecular weight excluding hydrogens is 290 g/mol. The van der Waals surface area contributed by atoms with Crippen molar-refractivity contribution in [3.63, 3.8) is 0 Å². The molecule has 5 heteroatoms. The van der Waals surface area contributed by atoms with Gasteiger partial charge in [-0.3, -0.25) is 9.88 Å². The summed E-state index contributed by atoms with van der Waals surface area (Å²) in [6, 6.07) is 9.20. The van der Waals surface area contributed by atoms with Crippen LogP contribution >= 0.6 is 0 Å². The Kier molecular flexibility index (Phi) is 4.57. The molecule has 0 aliphatic carbocycles. The number of rotatable bonds is 4. The number of carbonyl (C=O) groups is 1. The predicted molar refractivity (Wildman–Crippen MR) is 89.9 cm³/mol. The van der Waals surface area contributed by atoms with Gasteiger partial charge in [-0.25, -0.2) is 4.79 Å². The van der Waals surface area contributed by atoms with E-state index in [0.717, 1.165) is 38.3 Å². The second kappa shape index (κ2) is 6.79. The molecule has 120 valence electrons. The number of aryl methyl sites for hydroxylation is 1. The van der Waals surface area contributed by atoms with Crippen molar-refractivity contribution in [2.45, 2.75) is 13.5 Å². The summed E-state index contributed by atoms with van der Waals surface area (Å²) in [5, 5.41) is 8.94. The summed E-state index contributed by atoms with van der Waals surface area (Å²) in [7, 11) is 0. The summed E-state index contributed by atoms with van der Waals surface area (Å²) < 4.78 is 0. The number of nitrogens with zero attached hydrogens (tertiary/aromatic N) is 3. The fourth-order valence-electron chi connectivity index (χ4n) is 2.94. The standard InChI is InChI=1S/C18H21N3O2/c1-14-6-7-19-12-17(14)21-10-8-20(9-11-21)13-15-2-4-16(5-3-15)18(22)23/h2-7,12H,8-11,13H2,1H3,(H,22,23). The van der Waals surface area contributed by atoms with Crippen LogP contribution in [0.1, 0.15) is 21.5 Å². The zero-order valence-electron chi connectivity index (χ0n) is 13.3. The van der Waals surface area contributed by atoms with Crippen molar-refractivity contribution in [2.75, 3.05) is 31.1 Å². The lowest BCUT2D eigenvalue weighted by molar-refractivity contribution is 0.0697. The van der Waals surface area contributed by atoms with Crippen LogP contribution in [0, 0.1) is 6.92 Å². The highest BCUT2D eigenvalue weighted by Gasteiger charge is 2.18. The van der Waals surface area contributed by atoms with Gasteiger partial charge in [0.15, 0.2) is 0 Å². The number of anilines is 1. The van der Waals surface area contributed by atoms with E-state index >= 15 is 0 Å². The third-order valence-corrected chi connectivity index (χ3v) is 4.33. The number of aromatic carboxylic acids is 1. The van der Waals surface area contributed by atoms with E-state index < -0.39 is 5.97 Å². The van der Waals surface area contributed by atoms with Gasteiger partial charge < -0.3 is 10.0 Å². The van der Waals surface area contributed by atoms with Crippen molar-refractivity contribution >= 4 is 11.7 Å². The molecule has 1 saturated heterocycles. The summed E-state index contributed by atoms with van der Waals surface area (Å²) in [5.74, 6) is -0.878. The summed E-state index contributed by atoms with van der Waals surface area (Å²) in [6.45, 7) is 6.94. The Morgan fingerprint density at radius 1 is 1.13 bits per heavy atom. The molecule has 2 aromatic rings. The van der Waals surface area contributed by atoms with E-state index in [4.69, 9.17) is 5.11 Å². The third-order valence-electron chi connectivity index (χ3n) is 4.33. The quantitative estimate of drug-likeness (QED) is 0.939. The SMILES string of the molecule is Cc1ccncc1N1CCN(Cc2ccc(C(=O)O)cc2)CC1. The van der Waals surface area contributed by atoms with E-state index in [1.807, 2.05) is 30.6 Å². The Hall–Kier alpha value is -2.40. The Morgan fingerprint density at radius 2 is 1.83 bits per heavy atom. The molecule has 1 aliphatic heterocycles. The maximum absolute atomic E-state index is 10.9. The molecular formula is C18H21N3O2. The van der Waals surface area contributed by atoms with Gasteiger partial charge in [-0.15, -0.1) is 0 Å². The molecule has 0 saturated carbocycles. The molecule has 0 unspecified atom stereocenters. The first-order valence-electron chi connectivity index (χ1n) is 7.83. The molecule has 1 aromatic carbocycles. The smallest absolute Gasteiger partial charge is 0.335 e. The topological polar surface area (TPSA) is 56.7 Å². The van der Waals surface area contributed by atoms with E-state index in [-0.39, 0.29) is 0 Å². The average Bonchev–Trinajstić information content (AvgIpc) is 2.57. The highest BCUT2D eigenvalue weighted by Crippen LogP contribution is 2.20. The number of benzene rings is 1. The fraction of sp³-hybridized carbons (Fsp3) is 0.333. The minimum absolute atomic E-state index is 0.339. The van der Waals surface area contributed by atoms with E-state index in [1.165, 1.54) is 11.3 Å². The van der Waals surface area contributed by atoms with Crippen molar-refractivity contribution in [1.82, 2.24) is 9.88 Å². The normalized spacial score (nSPS) is 15.6. The van der Waals surface area contributed by atoms with Gasteiger partial charge in [-0.05, 0) is 36.2 Å². The van der Waals surface area contributed by atoms with Gasteiger partial charge in [-0.2, -0.15) is 0 Å². The summed E-state index contributed by atoms with van der Waals surface area (Å²) in [4.78, 5) is 19.9. The van der Waals surface area contributed by atoms with Crippen LogP contribution in [-0.2, 0) is 6.54 Å². The van der Waals surface area contributed by atoms with Crippen LogP contribution in [0.2, 0.25) is 0 Å². The maximum Gasteiger partial charge on any atom is 0.335 e. The highest BCUT2D eigenvalue weighted by atomic mass is 16.4. The molecule has 0 amide bonds. The number of aromatic nitrogens is 1. The van der Waals surface area contributed by atoms with E-state index in [1.54, 1.807) is 12.1 Å². The molecule has 1 aliphatic rings. The van der Waals surface area contributed by atoms with Crippen LogP contribution in [-0.4, -0.2) is 47.1 Å². The van der Waals surface area contributed by atoms with Crippen molar-refractivity contribution in [2.24, 2.45) is 0 Å². The minimum atomic E-state index is -0.878. The molecule has 0 radical (unpaired) electrons. The molecule has 5 nitrogen and oxygen atoms in total. The van der Waals surface area contributed by atoms with Gasteiger partial charge in [0.1, 0.15) is 0 Å². The molecule has 23 heavy (non-hydrogen) atoms. The van der Waals surface area contributed by atoms with Crippen LogP contribution in [0.3, 0.4) is 0 Å². The Bertz CT molecular complexity index is 677. The Morgan fingerprint density at radius 3 is 2.43 bits per heavy atom. The predicted octanol–water partition coefficient (Wildman–Crippen LogP) is 2.41. The number of carboxylic acids is 1. The lowest BCUT2D eigenvalue weighted by Gasteiger charge is -2.36. The van der Waals surface area contributed by atoms with Crippen molar-refractivity contribution in [1.29, 1.82) is 0 Å². The first-order valence-corrected chi connectivity index (χ1v) is 7.83. The first-order chi connectivity index (χ1) is 11.1. The molecule has 0 bridgehead atoms. The highest BCUT2D eigenvalue weighted by molar-refractivity contribution is 5.87. The molecule has 2 heterocycles. The van der Waals surface area contributed by atoms with Gasteiger partial charge in [0.2, 0.25) is 0 Å². The van der Waals surface area contributed by atoms with E-state index in [2.05, 4.69) is 21.7 Å². The second-order valence-corrected chi connectivity index (χ2v) is 5.93. The number of carboxylic acid groups (broad SMARTS) is 1. The van der Waals surface area contributed by atoms with Crippen molar-refractivity contribution in [3.05, 3.63) is 59.4 Å². The number of pyridine rings is 1. The van der Waals surface area contributed by atoms with E-state index in [0.29, 0.717) is 5.56 Å². The number of piperazine rings is 1. The minimum Gasteiger partial charge on any atom is -0.478 e. The lowest BCUT2D eigenvalue weighted by Crippen LogP contribution is -2.46. The Labute approximate surface area is 136 Å². The molecule has 1 fully saturated rings. The largest absolute Gasteiger partial charge is 0.478 e. The van der Waals surface area contributed by atoms with Gasteiger partial charge in [-0.1, -0.05) is 12.1 Å². The molecule has 1 aromatic heterocycles. The average molecular weight is 311 g/mol. The monoisotopic (exact) mass is 311 g/mol. The summed E-state index contributed by atoms with van der Waals surface area (Å²) >= 11 is 0. The van der Waals surface area contributed by atoms with Crippen LogP contribution in [0.5, 0.6) is 0 Å². The van der Waals surface area contributed by atoms with Gasteiger partial charge in [0, 0.05) is 38.9 Å². The van der Waals surface area contributed by atoms with Crippen LogP contribution in [0.15, 0.2) is 42.7 Å². The summed E-state index contributed by atoms with van der Waals surface area (Å²) in [5.41, 5.74) is 3.97. The zero-order chi connectivity index (χ0) is 16.2. The molecule has 1 N–H and O–H groups in total. The van der Waals surface area contributed by atoms with Crippen molar-refractivity contribution in [3.8, 4) is 0 Å². The number of hydrogen-bond acceptors (Lipinski definition) is 4. The summed E-state index contributed by atoms with van der Waals surface area (Å²) in [6.07, 6.45) is 3.77. The third kappa shape index (κ3) is 3.68. The van der Waals surface area contributed by atoms with Gasteiger partial charge in [0.05, 0.1) is 17.4 Å². The van der Waals surface area contributed by atoms with Crippen LogP contribution in [0.4, 0.5) is 5.69 Å². The number of hydrogen-bond donors (Lipinski definition) is 1. The molecule has 0 spiro atoms. The van der Waals surface area contributed by atoms with Crippen molar-refractivity contribution < 1.29 is 9.90 Å². The van der Waals surface area contributed by atoms with Crippen LogP contribution in [0.25, 0.3) is 0 Å². The molecule has 0 atom stereocenters. The fourth-order valence-corrected chi connectivity index (χ4v) is 2.94. The first kappa shape index (κ1) is 15.5.